The smallest absolute Gasteiger partial charge is 0.329 e. The zero-order chi connectivity index (χ0) is 26.2. The van der Waals surface area contributed by atoms with E-state index in [1.165, 1.54) is 36.5 Å². The number of hydrogen-bond acceptors (Lipinski definition) is 5. The van der Waals surface area contributed by atoms with Gasteiger partial charge in [-0.25, -0.2) is 9.82 Å². The first-order valence-electron chi connectivity index (χ1n) is 10.3. The Morgan fingerprint density at radius 2 is 1.81 bits per heavy atom. The van der Waals surface area contributed by atoms with Crippen LogP contribution < -0.4 is 20.2 Å². The summed E-state index contributed by atoms with van der Waals surface area (Å²) in [6.07, 6.45) is 1.31. The Bertz CT molecular complexity index is 1300. The van der Waals surface area contributed by atoms with Gasteiger partial charge in [0, 0.05) is 11.3 Å². The van der Waals surface area contributed by atoms with Gasteiger partial charge in [0.15, 0.2) is 11.5 Å². The number of rotatable bonds is 8. The van der Waals surface area contributed by atoms with Crippen molar-refractivity contribution in [2.75, 3.05) is 11.9 Å². The van der Waals surface area contributed by atoms with Crippen LogP contribution in [0.15, 0.2) is 58.1 Å². The summed E-state index contributed by atoms with van der Waals surface area (Å²) in [4.78, 5) is 24.1. The number of carbonyl (C=O) groups is 2. The lowest BCUT2D eigenvalue weighted by atomic mass is 10.2. The molecule has 12 heteroatoms. The quantitative estimate of drug-likeness (QED) is 0.169. The Kier molecular flexibility index (Phi) is 9.95. The van der Waals surface area contributed by atoms with Crippen LogP contribution in [0.5, 0.6) is 11.5 Å². The Balaban J connectivity index is 1.68. The van der Waals surface area contributed by atoms with Gasteiger partial charge in [0.2, 0.25) is 0 Å². The van der Waals surface area contributed by atoms with Crippen molar-refractivity contribution < 1.29 is 23.5 Å². The van der Waals surface area contributed by atoms with Gasteiger partial charge in [-0.3, -0.25) is 9.59 Å². The number of amides is 2. The molecular weight excluding hydrogens is 600 g/mol. The fourth-order valence-corrected chi connectivity index (χ4v) is 3.95. The molecule has 0 fully saturated rings. The molecule has 3 aromatic carbocycles. The van der Waals surface area contributed by atoms with Crippen molar-refractivity contribution in [2.24, 2.45) is 5.10 Å². The third-order valence-corrected chi connectivity index (χ3v) is 6.20. The second-order valence-electron chi connectivity index (χ2n) is 7.03. The van der Waals surface area contributed by atoms with Crippen molar-refractivity contribution in [3.05, 3.63) is 85.0 Å². The van der Waals surface area contributed by atoms with E-state index in [1.807, 2.05) is 0 Å². The Hall–Kier alpha value is -2.85. The maximum Gasteiger partial charge on any atom is 0.329 e. The molecule has 0 bridgehead atoms. The molecule has 2 N–H and O–H groups in total. The van der Waals surface area contributed by atoms with E-state index in [9.17, 15) is 14.0 Å². The zero-order valence-corrected chi connectivity index (χ0v) is 22.4. The molecule has 0 aromatic heterocycles. The Morgan fingerprint density at radius 1 is 1.03 bits per heavy atom. The van der Waals surface area contributed by atoms with Crippen LogP contribution >= 0.6 is 50.7 Å². The molecule has 7 nitrogen and oxygen atoms in total. The van der Waals surface area contributed by atoms with E-state index in [4.69, 9.17) is 44.3 Å². The van der Waals surface area contributed by atoms with E-state index >= 15 is 0 Å². The van der Waals surface area contributed by atoms with E-state index < -0.39 is 17.6 Å². The number of benzene rings is 3. The summed E-state index contributed by atoms with van der Waals surface area (Å²) in [6.45, 7) is 2.00. The average Bonchev–Trinajstić information content (AvgIpc) is 2.82. The van der Waals surface area contributed by atoms with Gasteiger partial charge in [-0.1, -0.05) is 40.9 Å². The van der Waals surface area contributed by atoms with Gasteiger partial charge in [0.25, 0.3) is 0 Å². The summed E-state index contributed by atoms with van der Waals surface area (Å²) in [6, 6.07) is 12.0. The number of halogens is 5. The highest BCUT2D eigenvalue weighted by molar-refractivity contribution is 9.10. The van der Waals surface area contributed by atoms with Crippen LogP contribution in [-0.2, 0) is 16.2 Å². The minimum absolute atomic E-state index is 0.123. The minimum atomic E-state index is -0.997. The molecule has 36 heavy (non-hydrogen) atoms. The van der Waals surface area contributed by atoms with Crippen molar-refractivity contribution in [1.29, 1.82) is 0 Å². The fraction of sp³-hybridized carbons (Fsp3) is 0.125. The van der Waals surface area contributed by atoms with E-state index in [0.717, 1.165) is 0 Å². The summed E-state index contributed by atoms with van der Waals surface area (Å²) in [7, 11) is 0. The number of carbonyl (C=O) groups excluding carboxylic acids is 2. The van der Waals surface area contributed by atoms with Gasteiger partial charge in [0.05, 0.1) is 32.4 Å². The summed E-state index contributed by atoms with van der Waals surface area (Å²) in [5.41, 5.74) is 3.16. The van der Waals surface area contributed by atoms with Crippen LogP contribution in [0.2, 0.25) is 15.1 Å². The van der Waals surface area contributed by atoms with Gasteiger partial charge in [0.1, 0.15) is 12.4 Å². The van der Waals surface area contributed by atoms with E-state index in [0.29, 0.717) is 38.9 Å². The van der Waals surface area contributed by atoms with Gasteiger partial charge in [-0.05, 0) is 70.9 Å². The first kappa shape index (κ1) is 27.7. The van der Waals surface area contributed by atoms with Gasteiger partial charge in [-0.15, -0.1) is 0 Å². The van der Waals surface area contributed by atoms with E-state index in [2.05, 4.69) is 31.8 Å². The highest BCUT2D eigenvalue weighted by atomic mass is 79.9. The predicted octanol–water partition coefficient (Wildman–Crippen LogP) is 6.61. The van der Waals surface area contributed by atoms with Gasteiger partial charge >= 0.3 is 11.8 Å². The third kappa shape index (κ3) is 7.33. The lowest BCUT2D eigenvalue weighted by Gasteiger charge is -2.15. The van der Waals surface area contributed by atoms with Crippen LogP contribution in [0.1, 0.15) is 18.1 Å². The molecule has 0 spiro atoms. The molecule has 0 aliphatic heterocycles. The molecule has 0 heterocycles. The highest BCUT2D eigenvalue weighted by Gasteiger charge is 2.16. The summed E-state index contributed by atoms with van der Waals surface area (Å²) in [5.74, 6) is -1.75. The Labute approximate surface area is 229 Å². The average molecular weight is 618 g/mol. The molecule has 188 valence electrons. The van der Waals surface area contributed by atoms with Crippen LogP contribution in [0, 0.1) is 5.82 Å². The standard InChI is InChI=1S/C24H18BrCl3FN3O4/c1-2-35-21-9-13(8-16(25)22(21)36-12-15-17(26)4-3-5-20(15)29)11-30-32-24(34)23(33)31-14-6-7-18(27)19(28)10-14/h3-11H,2,12H2,1H3,(H,31,33)(H,32,34)/b30-11+. The molecule has 0 atom stereocenters. The second-order valence-corrected chi connectivity index (χ2v) is 9.11. The maximum atomic E-state index is 14.1. The van der Waals surface area contributed by atoms with E-state index in [1.54, 1.807) is 25.1 Å². The zero-order valence-electron chi connectivity index (χ0n) is 18.6. The molecule has 3 rings (SSSR count). The van der Waals surface area contributed by atoms with Crippen molar-refractivity contribution in [2.45, 2.75) is 13.5 Å². The largest absolute Gasteiger partial charge is 0.490 e. The molecule has 0 unspecified atom stereocenters. The highest BCUT2D eigenvalue weighted by Crippen LogP contribution is 2.37. The molecule has 0 aliphatic rings. The van der Waals surface area contributed by atoms with Crippen molar-refractivity contribution in [3.8, 4) is 11.5 Å². The van der Waals surface area contributed by atoms with Crippen LogP contribution in [0.3, 0.4) is 0 Å². The van der Waals surface area contributed by atoms with Crippen LogP contribution in [0.4, 0.5) is 10.1 Å². The maximum absolute atomic E-state index is 14.1. The van der Waals surface area contributed by atoms with Crippen molar-refractivity contribution >= 4 is 74.4 Å². The summed E-state index contributed by atoms with van der Waals surface area (Å²) >= 11 is 21.2. The number of hydrogen-bond donors (Lipinski definition) is 2. The summed E-state index contributed by atoms with van der Waals surface area (Å²) < 4.78 is 26.0. The molecule has 0 saturated heterocycles. The molecule has 2 amide bonds. The monoisotopic (exact) mass is 615 g/mol. The topological polar surface area (TPSA) is 89.0 Å². The number of ether oxygens (including phenoxy) is 2. The Morgan fingerprint density at radius 3 is 2.50 bits per heavy atom. The number of hydrazone groups is 1. The van der Waals surface area contributed by atoms with Gasteiger partial charge in [-0.2, -0.15) is 5.10 Å². The predicted molar refractivity (Wildman–Crippen MR) is 142 cm³/mol. The normalized spacial score (nSPS) is 10.8. The second kappa shape index (κ2) is 12.9. The van der Waals surface area contributed by atoms with Gasteiger partial charge < -0.3 is 14.8 Å². The van der Waals surface area contributed by atoms with Crippen LogP contribution in [0.25, 0.3) is 0 Å². The summed E-state index contributed by atoms with van der Waals surface area (Å²) in [5, 5.41) is 6.98. The molecule has 0 aliphatic carbocycles. The van der Waals surface area contributed by atoms with Crippen LogP contribution in [-0.4, -0.2) is 24.6 Å². The fourth-order valence-electron chi connectivity index (χ4n) is 2.86. The van der Waals surface area contributed by atoms with Crippen molar-refractivity contribution in [3.63, 3.8) is 0 Å². The molecule has 0 saturated carbocycles. The first-order chi connectivity index (χ1) is 17.2. The molecule has 0 radical (unpaired) electrons. The SMILES string of the molecule is CCOc1cc(/C=N/NC(=O)C(=O)Nc2ccc(Cl)c(Cl)c2)cc(Br)c1OCc1c(F)cccc1Cl. The number of nitrogens with zero attached hydrogens (tertiary/aromatic N) is 1. The lowest BCUT2D eigenvalue weighted by Crippen LogP contribution is -2.32. The third-order valence-electron chi connectivity index (χ3n) is 4.52. The van der Waals surface area contributed by atoms with Crippen molar-refractivity contribution in [1.82, 2.24) is 5.43 Å². The first-order valence-corrected chi connectivity index (χ1v) is 12.2. The lowest BCUT2D eigenvalue weighted by molar-refractivity contribution is -0.136. The number of nitrogens with one attached hydrogen (secondary N) is 2. The molecular formula is C24H18BrCl3FN3O4. The number of anilines is 1. The molecule has 3 aromatic rings. The van der Waals surface area contributed by atoms with E-state index in [-0.39, 0.29) is 22.2 Å². The minimum Gasteiger partial charge on any atom is -0.490 e.